The van der Waals surface area contributed by atoms with E-state index in [0.29, 0.717) is 45.8 Å². The average molecular weight is 397 g/mol. The number of amides is 2. The maximum Gasteiger partial charge on any atom is 0.225 e. The third kappa shape index (κ3) is 5.38. The van der Waals surface area contributed by atoms with Gasteiger partial charge in [-0.3, -0.25) is 9.59 Å². The Kier molecular flexibility index (Phi) is 7.23. The molecule has 3 rings (SSSR count). The van der Waals surface area contributed by atoms with Crippen molar-refractivity contribution < 1.29 is 14.3 Å². The van der Waals surface area contributed by atoms with Crippen LogP contribution in [0.2, 0.25) is 5.02 Å². The molecule has 142 valence electrons. The van der Waals surface area contributed by atoms with Gasteiger partial charge in [0.1, 0.15) is 0 Å². The Morgan fingerprint density at radius 2 is 1.69 bits per heavy atom. The highest BCUT2D eigenvalue weighted by atomic mass is 35.5. The standard InChI is InChI=1S/C19H25ClN2O3S/c20-16-1-3-17(4-2-16)26-14-7-18(23)21-8-5-15(6-9-21)19(24)22-10-12-25-13-11-22/h1-4,15H,5-14H2. The Balaban J connectivity index is 1.37. The van der Waals surface area contributed by atoms with E-state index in [9.17, 15) is 9.59 Å². The van der Waals surface area contributed by atoms with Crippen molar-refractivity contribution in [2.45, 2.75) is 24.2 Å². The molecule has 0 aromatic heterocycles. The number of hydrogen-bond acceptors (Lipinski definition) is 4. The fraction of sp³-hybridized carbons (Fsp3) is 0.579. The molecule has 0 N–H and O–H groups in total. The van der Waals surface area contributed by atoms with E-state index in [2.05, 4.69) is 0 Å². The Bertz CT molecular complexity index is 612. The third-order valence-electron chi connectivity index (χ3n) is 4.92. The molecule has 1 aromatic carbocycles. The zero-order chi connectivity index (χ0) is 18.4. The number of ether oxygens (including phenoxy) is 1. The van der Waals surface area contributed by atoms with Crippen molar-refractivity contribution in [3.8, 4) is 0 Å². The normalized spacial score (nSPS) is 18.8. The van der Waals surface area contributed by atoms with Crippen molar-refractivity contribution in [3.63, 3.8) is 0 Å². The predicted molar refractivity (Wildman–Crippen MR) is 103 cm³/mol. The zero-order valence-corrected chi connectivity index (χ0v) is 16.4. The largest absolute Gasteiger partial charge is 0.378 e. The lowest BCUT2D eigenvalue weighted by Gasteiger charge is -2.35. The van der Waals surface area contributed by atoms with Crippen LogP contribution in [0.4, 0.5) is 0 Å². The van der Waals surface area contributed by atoms with Crippen molar-refractivity contribution in [2.75, 3.05) is 45.1 Å². The Morgan fingerprint density at radius 3 is 2.35 bits per heavy atom. The van der Waals surface area contributed by atoms with Crippen LogP contribution in [0.15, 0.2) is 29.2 Å². The maximum atomic E-state index is 12.5. The van der Waals surface area contributed by atoms with Gasteiger partial charge in [-0.05, 0) is 37.1 Å². The van der Waals surface area contributed by atoms with E-state index < -0.39 is 0 Å². The van der Waals surface area contributed by atoms with Gasteiger partial charge in [-0.2, -0.15) is 0 Å². The molecule has 2 heterocycles. The minimum atomic E-state index is 0.0561. The number of nitrogens with zero attached hydrogens (tertiary/aromatic N) is 2. The quantitative estimate of drug-likeness (QED) is 0.718. The summed E-state index contributed by atoms with van der Waals surface area (Å²) >= 11 is 7.54. The average Bonchev–Trinajstić information content (AvgIpc) is 2.69. The van der Waals surface area contributed by atoms with Gasteiger partial charge in [-0.25, -0.2) is 0 Å². The van der Waals surface area contributed by atoms with Gasteiger partial charge in [-0.1, -0.05) is 11.6 Å². The van der Waals surface area contributed by atoms with Gasteiger partial charge in [0.2, 0.25) is 11.8 Å². The number of carbonyl (C=O) groups is 2. The number of piperidine rings is 1. The fourth-order valence-electron chi connectivity index (χ4n) is 3.36. The van der Waals surface area contributed by atoms with Gasteiger partial charge in [0.05, 0.1) is 13.2 Å². The minimum absolute atomic E-state index is 0.0561. The van der Waals surface area contributed by atoms with Gasteiger partial charge in [-0.15, -0.1) is 11.8 Å². The van der Waals surface area contributed by atoms with Crippen molar-refractivity contribution in [1.29, 1.82) is 0 Å². The van der Waals surface area contributed by atoms with Crippen molar-refractivity contribution in [1.82, 2.24) is 9.80 Å². The summed E-state index contributed by atoms with van der Waals surface area (Å²) < 4.78 is 5.31. The molecule has 0 unspecified atom stereocenters. The van der Waals surface area contributed by atoms with E-state index in [1.807, 2.05) is 34.1 Å². The van der Waals surface area contributed by atoms with E-state index in [0.717, 1.165) is 28.5 Å². The minimum Gasteiger partial charge on any atom is -0.378 e. The highest BCUT2D eigenvalue weighted by Crippen LogP contribution is 2.23. The lowest BCUT2D eigenvalue weighted by molar-refractivity contribution is -0.143. The molecular formula is C19H25ClN2O3S. The molecule has 2 saturated heterocycles. The van der Waals surface area contributed by atoms with E-state index in [4.69, 9.17) is 16.3 Å². The molecule has 5 nitrogen and oxygen atoms in total. The summed E-state index contributed by atoms with van der Waals surface area (Å²) in [6.45, 7) is 4.03. The fourth-order valence-corrected chi connectivity index (χ4v) is 4.33. The second-order valence-electron chi connectivity index (χ2n) is 6.65. The first-order chi connectivity index (χ1) is 12.6. The van der Waals surface area contributed by atoms with E-state index in [1.165, 1.54) is 0 Å². The molecule has 26 heavy (non-hydrogen) atoms. The van der Waals surface area contributed by atoms with Crippen LogP contribution in [0.3, 0.4) is 0 Å². The molecule has 2 aliphatic heterocycles. The highest BCUT2D eigenvalue weighted by Gasteiger charge is 2.30. The Labute approximate surface area is 164 Å². The number of morpholine rings is 1. The van der Waals surface area contributed by atoms with E-state index in [1.54, 1.807) is 11.8 Å². The molecule has 2 amide bonds. The lowest BCUT2D eigenvalue weighted by atomic mass is 9.95. The summed E-state index contributed by atoms with van der Waals surface area (Å²) in [6.07, 6.45) is 2.06. The lowest BCUT2D eigenvalue weighted by Crippen LogP contribution is -2.47. The Hall–Kier alpha value is -1.24. The summed E-state index contributed by atoms with van der Waals surface area (Å²) in [5.74, 6) is 1.23. The zero-order valence-electron chi connectivity index (χ0n) is 14.9. The van der Waals surface area contributed by atoms with Crippen LogP contribution in [-0.4, -0.2) is 66.8 Å². The summed E-state index contributed by atoms with van der Waals surface area (Å²) in [5, 5.41) is 0.722. The van der Waals surface area contributed by atoms with Crippen LogP contribution in [0.5, 0.6) is 0 Å². The summed E-state index contributed by atoms with van der Waals surface area (Å²) in [4.78, 5) is 29.9. The monoisotopic (exact) mass is 396 g/mol. The molecule has 1 aromatic rings. The number of rotatable bonds is 5. The van der Waals surface area contributed by atoms with Gasteiger partial charge in [0.15, 0.2) is 0 Å². The molecule has 0 spiro atoms. The summed E-state index contributed by atoms with van der Waals surface area (Å²) in [5.41, 5.74) is 0. The van der Waals surface area contributed by atoms with Crippen LogP contribution in [-0.2, 0) is 14.3 Å². The first kappa shape index (κ1) is 19.5. The van der Waals surface area contributed by atoms with Gasteiger partial charge in [0.25, 0.3) is 0 Å². The highest BCUT2D eigenvalue weighted by molar-refractivity contribution is 7.99. The van der Waals surface area contributed by atoms with Crippen LogP contribution >= 0.6 is 23.4 Å². The van der Waals surface area contributed by atoms with Gasteiger partial charge in [0, 0.05) is 54.2 Å². The first-order valence-electron chi connectivity index (χ1n) is 9.16. The third-order valence-corrected chi connectivity index (χ3v) is 6.18. The van der Waals surface area contributed by atoms with E-state index >= 15 is 0 Å². The molecule has 2 aliphatic rings. The number of thioether (sulfide) groups is 1. The van der Waals surface area contributed by atoms with Crippen LogP contribution in [0, 0.1) is 5.92 Å². The topological polar surface area (TPSA) is 49.9 Å². The number of hydrogen-bond donors (Lipinski definition) is 0. The maximum absolute atomic E-state index is 12.5. The van der Waals surface area contributed by atoms with E-state index in [-0.39, 0.29) is 17.7 Å². The molecule has 0 radical (unpaired) electrons. The van der Waals surface area contributed by atoms with Crippen LogP contribution < -0.4 is 0 Å². The Morgan fingerprint density at radius 1 is 1.04 bits per heavy atom. The molecule has 0 aliphatic carbocycles. The first-order valence-corrected chi connectivity index (χ1v) is 10.5. The van der Waals surface area contributed by atoms with Crippen molar-refractivity contribution in [2.24, 2.45) is 5.92 Å². The number of benzene rings is 1. The van der Waals surface area contributed by atoms with Crippen molar-refractivity contribution in [3.05, 3.63) is 29.3 Å². The van der Waals surface area contributed by atoms with Crippen LogP contribution in [0.25, 0.3) is 0 Å². The van der Waals surface area contributed by atoms with Gasteiger partial charge < -0.3 is 14.5 Å². The SMILES string of the molecule is O=C(CCSc1ccc(Cl)cc1)N1CCC(C(=O)N2CCOCC2)CC1. The predicted octanol–water partition coefficient (Wildman–Crippen LogP) is 2.92. The smallest absolute Gasteiger partial charge is 0.225 e. The molecule has 2 fully saturated rings. The van der Waals surface area contributed by atoms with Crippen LogP contribution in [0.1, 0.15) is 19.3 Å². The van der Waals surface area contributed by atoms with Gasteiger partial charge >= 0.3 is 0 Å². The number of carbonyl (C=O) groups excluding carboxylic acids is 2. The molecule has 7 heteroatoms. The second-order valence-corrected chi connectivity index (χ2v) is 8.25. The molecule has 0 atom stereocenters. The number of likely N-dealkylation sites (tertiary alicyclic amines) is 1. The number of halogens is 1. The second kappa shape index (κ2) is 9.62. The molecule has 0 saturated carbocycles. The summed E-state index contributed by atoms with van der Waals surface area (Å²) in [7, 11) is 0. The molecule has 0 bridgehead atoms. The summed E-state index contributed by atoms with van der Waals surface area (Å²) in [6, 6.07) is 7.67. The van der Waals surface area contributed by atoms with Crippen molar-refractivity contribution >= 4 is 35.2 Å². The molecular weight excluding hydrogens is 372 g/mol.